The van der Waals surface area contributed by atoms with Gasteiger partial charge in [-0.1, -0.05) is 0 Å². The molecule has 5 nitrogen and oxygen atoms in total. The monoisotopic (exact) mass is 369 g/mol. The second-order valence-corrected chi connectivity index (χ2v) is 1.38. The molecule has 5 N–H and O–H groups in total. The van der Waals surface area contributed by atoms with Crippen LogP contribution in [0.3, 0.4) is 0 Å². The number of halogens is 2. The quantitative estimate of drug-likeness (QED) is 0.184. The molecule has 0 aromatic carbocycles. The third kappa shape index (κ3) is 119. The fourth-order valence-electron chi connectivity index (χ4n) is 0.203. The molecule has 0 heterocycles. The average Bonchev–Trinajstić information content (AvgIpc) is 1.62. The van der Waals surface area contributed by atoms with Crippen LogP contribution in [0.15, 0.2) is 0 Å². The molecule has 0 aliphatic heterocycles. The van der Waals surface area contributed by atoms with Crippen LogP contribution in [-0.2, 0) is 29.0 Å². The van der Waals surface area contributed by atoms with Gasteiger partial charge in [-0.25, -0.2) is 0 Å². The van der Waals surface area contributed by atoms with Crippen LogP contribution >= 0.6 is 0 Å². The van der Waals surface area contributed by atoms with E-state index in [9.17, 15) is 4.79 Å². The van der Waals surface area contributed by atoms with E-state index < -0.39 is 0 Å². The van der Waals surface area contributed by atoms with E-state index in [4.69, 9.17) is 5.41 Å². The van der Waals surface area contributed by atoms with E-state index >= 15 is 0 Å². The molecule has 13 heavy (non-hydrogen) atoms. The minimum atomic E-state index is -0.333. The van der Waals surface area contributed by atoms with Crippen molar-refractivity contribution in [2.75, 3.05) is 6.61 Å². The van der Waals surface area contributed by atoms with Crippen LogP contribution in [0, 0.1) is 5.41 Å². The molecule has 0 saturated carbocycles. The molecule has 76 valence electrons. The Kier molecular flexibility index (Phi) is 51.2. The number of nitrogens with two attached hydrogens (primary N) is 2. The third-order valence-electron chi connectivity index (χ3n) is 0.348. The first-order valence-corrected chi connectivity index (χ1v) is 2.73. The number of hydrogen-bond acceptors (Lipinski definition) is 3. The topological polar surface area (TPSA) is 102 Å². The van der Waals surface area contributed by atoms with Crippen LogP contribution < -0.4 is 45.4 Å². The number of carbonyl (C=O) groups excluding carboxylic acids is 1. The first-order chi connectivity index (χ1) is 4.50. The molecule has 0 amide bonds. The smallest absolute Gasteiger partial charge is 1.00 e. The van der Waals surface area contributed by atoms with Gasteiger partial charge in [0, 0.05) is 6.92 Å². The number of ether oxygens (including phenoxy) is 1. The number of nitrogens with one attached hydrogen (secondary N) is 1. The van der Waals surface area contributed by atoms with Gasteiger partial charge in [-0.15, -0.1) is 0 Å². The van der Waals surface area contributed by atoms with Gasteiger partial charge in [0.15, 0.2) is 5.96 Å². The molecular formula is C5H13Br2N3O2Zn. The summed E-state index contributed by atoms with van der Waals surface area (Å²) in [5.41, 5.74) is 8.94. The molecule has 0 bridgehead atoms. The molecule has 8 heteroatoms. The molecule has 0 aliphatic rings. The van der Waals surface area contributed by atoms with Crippen LogP contribution in [0.25, 0.3) is 0 Å². The Morgan fingerprint density at radius 2 is 1.62 bits per heavy atom. The summed E-state index contributed by atoms with van der Waals surface area (Å²) in [6, 6.07) is 0. The number of guanidine groups is 1. The molecule has 0 aliphatic carbocycles. The summed E-state index contributed by atoms with van der Waals surface area (Å²) in [7, 11) is 0. The normalized spacial score (nSPS) is 5.38. The van der Waals surface area contributed by atoms with Gasteiger partial charge in [-0.05, 0) is 6.92 Å². The first-order valence-electron chi connectivity index (χ1n) is 2.73. The Morgan fingerprint density at radius 1 is 1.38 bits per heavy atom. The van der Waals surface area contributed by atoms with E-state index in [2.05, 4.69) is 16.2 Å². The Labute approximate surface area is 112 Å². The maximum atomic E-state index is 9.82. The fourth-order valence-corrected chi connectivity index (χ4v) is 0.203. The summed E-state index contributed by atoms with van der Waals surface area (Å²) in [5, 5.41) is 6.06. The van der Waals surface area contributed by atoms with Crippen LogP contribution in [-0.4, -0.2) is 18.5 Å². The Hall–Kier alpha value is 0.323. The fraction of sp³-hybridized carbons (Fsp3) is 0.600. The van der Waals surface area contributed by atoms with E-state index in [1.165, 1.54) is 6.92 Å². The van der Waals surface area contributed by atoms with Crippen LogP contribution in [0.4, 0.5) is 0 Å². The van der Waals surface area contributed by atoms with Crippen molar-refractivity contribution >= 4 is 11.9 Å². The Balaban J connectivity index is -0.0000000279. The number of carbonyl (C=O) groups is 1. The summed E-state index contributed by atoms with van der Waals surface area (Å²) in [6.45, 7) is 3.65. The van der Waals surface area contributed by atoms with Crippen LogP contribution in [0.1, 0.15) is 13.8 Å². The van der Waals surface area contributed by atoms with E-state index in [0.29, 0.717) is 6.61 Å². The van der Waals surface area contributed by atoms with Gasteiger partial charge in [-0.3, -0.25) is 10.2 Å². The van der Waals surface area contributed by atoms with Crippen molar-refractivity contribution in [1.29, 1.82) is 5.41 Å². The van der Waals surface area contributed by atoms with E-state index in [1.54, 1.807) is 6.92 Å². The van der Waals surface area contributed by atoms with E-state index in [1.807, 2.05) is 0 Å². The minimum absolute atomic E-state index is 0. The summed E-state index contributed by atoms with van der Waals surface area (Å²) >= 11 is 0. The Morgan fingerprint density at radius 3 is 1.62 bits per heavy atom. The minimum Gasteiger partial charge on any atom is -1.00 e. The van der Waals surface area contributed by atoms with E-state index in [-0.39, 0.29) is 65.4 Å². The number of rotatable bonds is 1. The van der Waals surface area contributed by atoms with Gasteiger partial charge >= 0.3 is 25.4 Å². The first kappa shape index (κ1) is 29.2. The second kappa shape index (κ2) is 22.8. The third-order valence-corrected chi connectivity index (χ3v) is 0.348. The predicted molar refractivity (Wildman–Crippen MR) is 38.4 cm³/mol. The molecule has 0 aromatic heterocycles. The second-order valence-electron chi connectivity index (χ2n) is 1.38. The molecule has 0 spiro atoms. The van der Waals surface area contributed by atoms with E-state index in [0.717, 1.165) is 0 Å². The zero-order chi connectivity index (χ0) is 8.57. The van der Waals surface area contributed by atoms with Crippen molar-refractivity contribution in [2.24, 2.45) is 11.5 Å². The van der Waals surface area contributed by atoms with Crippen LogP contribution in [0.5, 0.6) is 0 Å². The Bertz CT molecular complexity index is 122. The van der Waals surface area contributed by atoms with Crippen molar-refractivity contribution in [3.8, 4) is 0 Å². The van der Waals surface area contributed by atoms with Crippen LogP contribution in [0.2, 0.25) is 0 Å². The maximum Gasteiger partial charge on any atom is 2.00 e. The van der Waals surface area contributed by atoms with Crippen molar-refractivity contribution in [1.82, 2.24) is 0 Å². The maximum absolute atomic E-state index is 9.82. The predicted octanol–water partition coefficient (Wildman–Crippen LogP) is -6.59. The molecule has 0 saturated heterocycles. The van der Waals surface area contributed by atoms with Crippen molar-refractivity contribution < 1.29 is 63.0 Å². The largest absolute Gasteiger partial charge is 2.00 e. The zero-order valence-corrected chi connectivity index (χ0v) is 13.8. The molecule has 0 fully saturated rings. The summed E-state index contributed by atoms with van der Waals surface area (Å²) in [4.78, 5) is 9.82. The average molecular weight is 372 g/mol. The SMILES string of the molecule is CCOC(C)=O.N=C(N)N.[Br-].[Br-].[Zn+2]. The van der Waals surface area contributed by atoms with Gasteiger partial charge in [0.25, 0.3) is 0 Å². The molecule has 0 atom stereocenters. The van der Waals surface area contributed by atoms with Gasteiger partial charge in [0.1, 0.15) is 0 Å². The van der Waals surface area contributed by atoms with Gasteiger partial charge in [0.2, 0.25) is 0 Å². The summed E-state index contributed by atoms with van der Waals surface area (Å²) in [5.74, 6) is -0.544. The number of esters is 1. The summed E-state index contributed by atoms with van der Waals surface area (Å²) < 4.78 is 4.40. The standard InChI is InChI=1S/C4H8O2.CH5N3.2BrH.Zn/c1-3-6-4(2)5;2-1(3)4;;;/h3H2,1-2H3;(H5,2,3,4);2*1H;/q;;;;+2/p-2. The molecular weight excluding hydrogens is 359 g/mol. The summed E-state index contributed by atoms with van der Waals surface area (Å²) in [6.07, 6.45) is 0. The molecule has 0 radical (unpaired) electrons. The van der Waals surface area contributed by atoms with Crippen molar-refractivity contribution in [3.63, 3.8) is 0 Å². The van der Waals surface area contributed by atoms with Gasteiger partial charge in [0.05, 0.1) is 6.61 Å². The van der Waals surface area contributed by atoms with Crippen molar-refractivity contribution in [3.05, 3.63) is 0 Å². The van der Waals surface area contributed by atoms with Gasteiger partial charge in [-0.2, -0.15) is 0 Å². The van der Waals surface area contributed by atoms with Crippen molar-refractivity contribution in [2.45, 2.75) is 13.8 Å². The van der Waals surface area contributed by atoms with Gasteiger partial charge < -0.3 is 50.2 Å². The number of hydrogen-bond donors (Lipinski definition) is 3. The molecule has 0 aromatic rings. The molecule has 0 unspecified atom stereocenters. The zero-order valence-electron chi connectivity index (χ0n) is 7.64. The molecule has 0 rings (SSSR count).